The van der Waals surface area contributed by atoms with Crippen molar-refractivity contribution in [1.82, 2.24) is 10.7 Å². The van der Waals surface area contributed by atoms with Crippen molar-refractivity contribution < 1.29 is 14.5 Å². The number of para-hydroxylation sites is 2. The minimum atomic E-state index is -0.595. The minimum Gasteiger partial charge on any atom is -0.344 e. The maximum atomic E-state index is 11.7. The van der Waals surface area contributed by atoms with Crippen LogP contribution in [0.5, 0.6) is 0 Å². The minimum absolute atomic E-state index is 0.141. The highest BCUT2D eigenvalue weighted by atomic mass is 16.6. The van der Waals surface area contributed by atoms with Crippen LogP contribution in [0.1, 0.15) is 12.8 Å². The number of nitro benzene ring substituents is 1. The summed E-state index contributed by atoms with van der Waals surface area (Å²) in [5, 5.41) is 13.3. The molecule has 1 heterocycles. The van der Waals surface area contributed by atoms with Crippen molar-refractivity contribution >= 4 is 23.2 Å². The summed E-state index contributed by atoms with van der Waals surface area (Å²) in [7, 11) is 0. The number of carbonyl (C=O) groups excluding carboxylic acids is 2. The smallest absolute Gasteiger partial charge is 0.294 e. The molecule has 1 saturated heterocycles. The third-order valence-corrected chi connectivity index (χ3v) is 2.73. The summed E-state index contributed by atoms with van der Waals surface area (Å²) >= 11 is 0. The summed E-state index contributed by atoms with van der Waals surface area (Å²) in [6.45, 7) is 0. The fourth-order valence-electron chi connectivity index (χ4n) is 1.77. The number of hydrogen-bond acceptors (Lipinski definition) is 5. The number of anilines is 1. The Balaban J connectivity index is 1.97. The lowest BCUT2D eigenvalue weighted by molar-refractivity contribution is -0.384. The Bertz CT molecular complexity index is 531. The molecule has 1 aromatic rings. The molecular weight excluding hydrogens is 252 g/mol. The summed E-state index contributed by atoms with van der Waals surface area (Å²) in [5.41, 5.74) is 4.89. The largest absolute Gasteiger partial charge is 0.344 e. The summed E-state index contributed by atoms with van der Waals surface area (Å²) in [5.74, 6) is -0.602. The van der Waals surface area contributed by atoms with Crippen molar-refractivity contribution in [3.8, 4) is 0 Å². The molecule has 2 amide bonds. The van der Waals surface area contributed by atoms with Gasteiger partial charge in [0.05, 0.1) is 4.92 Å². The molecule has 8 nitrogen and oxygen atoms in total. The van der Waals surface area contributed by atoms with E-state index < -0.39 is 16.9 Å². The fourth-order valence-corrected chi connectivity index (χ4v) is 1.77. The topological polar surface area (TPSA) is 113 Å². The molecule has 0 aliphatic carbocycles. The number of hydrogen-bond donors (Lipinski definition) is 3. The quantitative estimate of drug-likeness (QED) is 0.535. The van der Waals surface area contributed by atoms with Crippen molar-refractivity contribution in [1.29, 1.82) is 0 Å². The van der Waals surface area contributed by atoms with Crippen molar-refractivity contribution in [2.75, 3.05) is 5.43 Å². The number of nitro groups is 1. The van der Waals surface area contributed by atoms with E-state index in [9.17, 15) is 19.7 Å². The molecule has 1 aliphatic heterocycles. The number of nitrogens with zero attached hydrogens (tertiary/aromatic N) is 1. The van der Waals surface area contributed by atoms with E-state index in [4.69, 9.17) is 0 Å². The highest BCUT2D eigenvalue weighted by Crippen LogP contribution is 2.22. The van der Waals surface area contributed by atoms with Crippen molar-refractivity contribution in [3.05, 3.63) is 34.4 Å². The van der Waals surface area contributed by atoms with Crippen molar-refractivity contribution in [2.24, 2.45) is 0 Å². The Morgan fingerprint density at radius 3 is 2.79 bits per heavy atom. The summed E-state index contributed by atoms with van der Waals surface area (Å²) in [6.07, 6.45) is 0.729. The van der Waals surface area contributed by atoms with Gasteiger partial charge in [-0.3, -0.25) is 30.6 Å². The molecule has 3 N–H and O–H groups in total. The first-order valence-corrected chi connectivity index (χ1v) is 5.66. The Morgan fingerprint density at radius 1 is 1.42 bits per heavy atom. The number of hydrazine groups is 1. The molecule has 0 saturated carbocycles. The first-order valence-electron chi connectivity index (χ1n) is 5.66. The maximum absolute atomic E-state index is 11.7. The zero-order valence-corrected chi connectivity index (χ0v) is 9.88. The average molecular weight is 264 g/mol. The normalized spacial score (nSPS) is 17.7. The van der Waals surface area contributed by atoms with E-state index in [2.05, 4.69) is 16.2 Å². The molecule has 1 aliphatic rings. The molecule has 19 heavy (non-hydrogen) atoms. The summed E-state index contributed by atoms with van der Waals surface area (Å²) in [6, 6.07) is 5.35. The Labute approximate surface area is 108 Å². The maximum Gasteiger partial charge on any atom is 0.294 e. The lowest BCUT2D eigenvalue weighted by Crippen LogP contribution is -2.43. The summed E-state index contributed by atoms with van der Waals surface area (Å²) in [4.78, 5) is 32.9. The lowest BCUT2D eigenvalue weighted by atomic mass is 10.2. The predicted octanol–water partition coefficient (Wildman–Crippen LogP) is 0.316. The number of nitrogens with one attached hydrogen (secondary N) is 3. The zero-order valence-electron chi connectivity index (χ0n) is 9.88. The number of rotatable bonds is 4. The SMILES string of the molecule is O=C1CCC(C(=O)NNc2ccccc2[N+](=O)[O-])N1. The number of benzene rings is 1. The third kappa shape index (κ3) is 2.97. The lowest BCUT2D eigenvalue weighted by Gasteiger charge is -2.12. The number of amides is 2. The van der Waals surface area contributed by atoms with E-state index in [-0.39, 0.29) is 17.3 Å². The fraction of sp³-hybridized carbons (Fsp3) is 0.273. The molecule has 2 rings (SSSR count). The summed E-state index contributed by atoms with van der Waals surface area (Å²) < 4.78 is 0. The van der Waals surface area contributed by atoms with Crippen LogP contribution >= 0.6 is 0 Å². The van der Waals surface area contributed by atoms with E-state index in [0.717, 1.165) is 0 Å². The van der Waals surface area contributed by atoms with Crippen LogP contribution < -0.4 is 16.2 Å². The van der Waals surface area contributed by atoms with Gasteiger partial charge >= 0.3 is 0 Å². The van der Waals surface area contributed by atoms with Gasteiger partial charge in [0.15, 0.2) is 0 Å². The molecule has 0 bridgehead atoms. The van der Waals surface area contributed by atoms with Gasteiger partial charge in [-0.2, -0.15) is 0 Å². The molecule has 8 heteroatoms. The van der Waals surface area contributed by atoms with Crippen LogP contribution in [0.25, 0.3) is 0 Å². The van der Waals surface area contributed by atoms with E-state index in [1.54, 1.807) is 6.07 Å². The first-order chi connectivity index (χ1) is 9.08. The van der Waals surface area contributed by atoms with Crippen LogP contribution in [-0.2, 0) is 9.59 Å². The first kappa shape index (κ1) is 12.8. The molecule has 1 aromatic carbocycles. The predicted molar refractivity (Wildman–Crippen MR) is 66.0 cm³/mol. The van der Waals surface area contributed by atoms with Crippen LogP contribution in [-0.4, -0.2) is 22.8 Å². The third-order valence-electron chi connectivity index (χ3n) is 2.73. The van der Waals surface area contributed by atoms with E-state index in [1.165, 1.54) is 18.2 Å². The van der Waals surface area contributed by atoms with Gasteiger partial charge in [-0.1, -0.05) is 12.1 Å². The Kier molecular flexibility index (Phi) is 3.60. The van der Waals surface area contributed by atoms with Crippen LogP contribution in [0.15, 0.2) is 24.3 Å². The van der Waals surface area contributed by atoms with Gasteiger partial charge < -0.3 is 5.32 Å². The molecule has 0 spiro atoms. The molecule has 1 atom stereocenters. The average Bonchev–Trinajstić information content (AvgIpc) is 2.83. The van der Waals surface area contributed by atoms with Gasteiger partial charge in [0, 0.05) is 12.5 Å². The van der Waals surface area contributed by atoms with Gasteiger partial charge in [-0.25, -0.2) is 0 Å². The van der Waals surface area contributed by atoms with Gasteiger partial charge in [0.25, 0.3) is 11.6 Å². The highest BCUT2D eigenvalue weighted by molar-refractivity contribution is 5.91. The van der Waals surface area contributed by atoms with Crippen LogP contribution in [0.3, 0.4) is 0 Å². The Morgan fingerprint density at radius 2 is 2.16 bits per heavy atom. The van der Waals surface area contributed by atoms with Gasteiger partial charge in [0.1, 0.15) is 11.7 Å². The van der Waals surface area contributed by atoms with Crippen LogP contribution in [0, 0.1) is 10.1 Å². The molecule has 0 radical (unpaired) electrons. The second-order valence-electron chi connectivity index (χ2n) is 4.05. The standard InChI is InChI=1S/C11H12N4O4/c16-10-6-5-8(12-10)11(17)14-13-7-3-1-2-4-9(7)15(18)19/h1-4,8,13H,5-6H2,(H,12,16)(H,14,17). The van der Waals surface area contributed by atoms with E-state index in [0.29, 0.717) is 12.8 Å². The second kappa shape index (κ2) is 5.34. The van der Waals surface area contributed by atoms with Gasteiger partial charge in [-0.15, -0.1) is 0 Å². The molecule has 1 fully saturated rings. The monoisotopic (exact) mass is 264 g/mol. The molecular formula is C11H12N4O4. The molecule has 0 aromatic heterocycles. The van der Waals surface area contributed by atoms with Crippen molar-refractivity contribution in [2.45, 2.75) is 18.9 Å². The molecule has 100 valence electrons. The van der Waals surface area contributed by atoms with E-state index >= 15 is 0 Å². The van der Waals surface area contributed by atoms with Crippen molar-refractivity contribution in [3.63, 3.8) is 0 Å². The Hall–Kier alpha value is -2.64. The van der Waals surface area contributed by atoms with Crippen LogP contribution in [0.4, 0.5) is 11.4 Å². The highest BCUT2D eigenvalue weighted by Gasteiger charge is 2.27. The van der Waals surface area contributed by atoms with Gasteiger partial charge in [-0.05, 0) is 12.5 Å². The second-order valence-corrected chi connectivity index (χ2v) is 4.05. The zero-order chi connectivity index (χ0) is 13.8. The van der Waals surface area contributed by atoms with E-state index in [1.807, 2.05) is 0 Å². The van der Waals surface area contributed by atoms with Gasteiger partial charge in [0.2, 0.25) is 5.91 Å². The number of carbonyl (C=O) groups is 2. The molecule has 1 unspecified atom stereocenters. The van der Waals surface area contributed by atoms with Crippen LogP contribution in [0.2, 0.25) is 0 Å².